The van der Waals surface area contributed by atoms with E-state index in [9.17, 15) is 10.1 Å². The minimum atomic E-state index is -0.576. The number of nitrogens with zero attached hydrogens (tertiary/aromatic N) is 1. The molecule has 1 aliphatic rings. The summed E-state index contributed by atoms with van der Waals surface area (Å²) in [5, 5.41) is 9.22. The van der Waals surface area contributed by atoms with Gasteiger partial charge >= 0.3 is 5.97 Å². The van der Waals surface area contributed by atoms with Crippen molar-refractivity contribution in [3.8, 4) is 17.6 Å². The zero-order valence-corrected chi connectivity index (χ0v) is 15.5. The molecule has 0 saturated carbocycles. The highest BCUT2D eigenvalue weighted by atomic mass is 16.7. The van der Waals surface area contributed by atoms with Crippen LogP contribution in [0.15, 0.2) is 23.8 Å². The fourth-order valence-corrected chi connectivity index (χ4v) is 2.78. The van der Waals surface area contributed by atoms with Gasteiger partial charge in [0.25, 0.3) is 0 Å². The Hall–Kier alpha value is -2.48. The molecule has 0 spiro atoms. The van der Waals surface area contributed by atoms with E-state index < -0.39 is 5.97 Å². The Bertz CT molecular complexity index is 660. The van der Waals surface area contributed by atoms with Crippen molar-refractivity contribution < 1.29 is 19.0 Å². The number of esters is 1. The number of hydrogen-bond donors (Lipinski definition) is 0. The molecule has 1 aromatic rings. The van der Waals surface area contributed by atoms with Crippen LogP contribution in [0.5, 0.6) is 11.5 Å². The molecule has 0 aliphatic carbocycles. The number of carbonyl (C=O) groups is 1. The Morgan fingerprint density at radius 2 is 1.81 bits per heavy atom. The standard InChI is InChI=1S/C21H27NO4/c1-2-3-4-5-6-7-8-9-12-24-21(23)18(15-22)13-17-10-11-19-20(14-17)26-16-25-19/h10-11,13-14H,2-9,12,16H2,1H3. The number of benzene rings is 1. The van der Waals surface area contributed by atoms with Gasteiger partial charge in [-0.05, 0) is 30.2 Å². The summed E-state index contributed by atoms with van der Waals surface area (Å²) in [6.07, 6.45) is 11.0. The predicted molar refractivity (Wildman–Crippen MR) is 99.7 cm³/mol. The molecule has 5 heteroatoms. The smallest absolute Gasteiger partial charge is 0.348 e. The van der Waals surface area contributed by atoms with E-state index in [-0.39, 0.29) is 12.4 Å². The summed E-state index contributed by atoms with van der Waals surface area (Å²) in [4.78, 5) is 12.1. The first-order valence-corrected chi connectivity index (χ1v) is 9.43. The second-order valence-corrected chi connectivity index (χ2v) is 6.39. The van der Waals surface area contributed by atoms with Gasteiger partial charge in [-0.25, -0.2) is 4.79 Å². The van der Waals surface area contributed by atoms with Gasteiger partial charge in [0.1, 0.15) is 11.6 Å². The molecule has 0 bridgehead atoms. The van der Waals surface area contributed by atoms with Crippen LogP contribution in [0.4, 0.5) is 0 Å². The number of nitriles is 1. The van der Waals surface area contributed by atoms with Crippen LogP contribution in [-0.2, 0) is 9.53 Å². The van der Waals surface area contributed by atoms with Gasteiger partial charge in [-0.1, -0.05) is 57.9 Å². The number of unbranched alkanes of at least 4 members (excludes halogenated alkanes) is 7. The van der Waals surface area contributed by atoms with Crippen molar-refractivity contribution in [3.63, 3.8) is 0 Å². The molecule has 5 nitrogen and oxygen atoms in total. The highest BCUT2D eigenvalue weighted by molar-refractivity contribution is 5.97. The topological polar surface area (TPSA) is 68.6 Å². The van der Waals surface area contributed by atoms with Gasteiger partial charge in [0.2, 0.25) is 6.79 Å². The molecule has 1 aromatic carbocycles. The third-order valence-electron chi connectivity index (χ3n) is 4.28. The second-order valence-electron chi connectivity index (χ2n) is 6.39. The van der Waals surface area contributed by atoms with E-state index in [0.717, 1.165) is 12.8 Å². The SMILES string of the molecule is CCCCCCCCCCOC(=O)C(C#N)=Cc1ccc2c(c1)OCO2. The maximum Gasteiger partial charge on any atom is 0.348 e. The quantitative estimate of drug-likeness (QED) is 0.241. The summed E-state index contributed by atoms with van der Waals surface area (Å²) in [6, 6.07) is 7.19. The van der Waals surface area contributed by atoms with Crippen molar-refractivity contribution in [2.75, 3.05) is 13.4 Å². The Morgan fingerprint density at radius 1 is 1.12 bits per heavy atom. The Kier molecular flexibility index (Phi) is 8.54. The molecule has 0 saturated heterocycles. The van der Waals surface area contributed by atoms with Crippen LogP contribution in [0.2, 0.25) is 0 Å². The summed E-state index contributed by atoms with van der Waals surface area (Å²) < 4.78 is 15.8. The molecule has 0 amide bonds. The van der Waals surface area contributed by atoms with E-state index in [1.165, 1.54) is 44.6 Å². The fraction of sp³-hybridized carbons (Fsp3) is 0.524. The number of ether oxygens (including phenoxy) is 3. The molecule has 2 rings (SSSR count). The molecule has 140 valence electrons. The number of rotatable bonds is 11. The molecule has 0 aromatic heterocycles. The van der Waals surface area contributed by atoms with Gasteiger partial charge in [-0.2, -0.15) is 5.26 Å². The molecule has 26 heavy (non-hydrogen) atoms. The second kappa shape index (κ2) is 11.2. The van der Waals surface area contributed by atoms with Crippen LogP contribution in [0.1, 0.15) is 63.9 Å². The molecule has 0 N–H and O–H groups in total. The highest BCUT2D eigenvalue weighted by Crippen LogP contribution is 2.33. The fourth-order valence-electron chi connectivity index (χ4n) is 2.78. The lowest BCUT2D eigenvalue weighted by molar-refractivity contribution is -0.138. The third-order valence-corrected chi connectivity index (χ3v) is 4.28. The zero-order valence-electron chi connectivity index (χ0n) is 15.5. The van der Waals surface area contributed by atoms with Gasteiger partial charge < -0.3 is 14.2 Å². The predicted octanol–water partition coefficient (Wildman–Crippen LogP) is 5.01. The van der Waals surface area contributed by atoms with E-state index in [4.69, 9.17) is 14.2 Å². The number of hydrogen-bond acceptors (Lipinski definition) is 5. The van der Waals surface area contributed by atoms with Crippen molar-refractivity contribution in [3.05, 3.63) is 29.3 Å². The molecular formula is C21H27NO4. The van der Waals surface area contributed by atoms with Crippen LogP contribution in [-0.4, -0.2) is 19.4 Å². The van der Waals surface area contributed by atoms with Crippen LogP contribution >= 0.6 is 0 Å². The molecular weight excluding hydrogens is 330 g/mol. The average Bonchev–Trinajstić information content (AvgIpc) is 3.12. The van der Waals surface area contributed by atoms with Crippen molar-refractivity contribution in [2.24, 2.45) is 0 Å². The maximum absolute atomic E-state index is 12.1. The lowest BCUT2D eigenvalue weighted by atomic mass is 10.1. The molecule has 1 aliphatic heterocycles. The maximum atomic E-state index is 12.1. The Balaban J connectivity index is 1.71. The first kappa shape index (κ1) is 19.8. The van der Waals surface area contributed by atoms with Crippen LogP contribution in [0.25, 0.3) is 6.08 Å². The van der Waals surface area contributed by atoms with E-state index in [1.807, 2.05) is 6.07 Å². The minimum absolute atomic E-state index is 0.0107. The molecule has 0 fully saturated rings. The summed E-state index contributed by atoms with van der Waals surface area (Å²) in [7, 11) is 0. The monoisotopic (exact) mass is 357 g/mol. The van der Waals surface area contributed by atoms with E-state index in [1.54, 1.807) is 18.2 Å². The van der Waals surface area contributed by atoms with Crippen LogP contribution in [0, 0.1) is 11.3 Å². The van der Waals surface area contributed by atoms with E-state index in [0.29, 0.717) is 23.7 Å². The molecule has 0 atom stereocenters. The molecule has 1 heterocycles. The minimum Gasteiger partial charge on any atom is -0.462 e. The van der Waals surface area contributed by atoms with E-state index >= 15 is 0 Å². The molecule has 0 unspecified atom stereocenters. The first-order valence-electron chi connectivity index (χ1n) is 9.43. The lowest BCUT2D eigenvalue weighted by Gasteiger charge is -2.05. The first-order chi connectivity index (χ1) is 12.7. The van der Waals surface area contributed by atoms with Gasteiger partial charge in [0.05, 0.1) is 6.61 Å². The highest BCUT2D eigenvalue weighted by Gasteiger charge is 2.15. The number of fused-ring (bicyclic) bond motifs is 1. The normalized spacial score (nSPS) is 12.7. The van der Waals surface area contributed by atoms with Crippen LogP contribution < -0.4 is 9.47 Å². The van der Waals surface area contributed by atoms with Crippen molar-refractivity contribution in [1.82, 2.24) is 0 Å². The Labute approximate surface area is 155 Å². The zero-order chi connectivity index (χ0) is 18.6. The summed E-state index contributed by atoms with van der Waals surface area (Å²) in [6.45, 7) is 2.76. The summed E-state index contributed by atoms with van der Waals surface area (Å²) in [5.74, 6) is 0.703. The van der Waals surface area contributed by atoms with Crippen molar-refractivity contribution in [1.29, 1.82) is 5.26 Å². The molecule has 0 radical (unpaired) electrons. The Morgan fingerprint density at radius 3 is 2.54 bits per heavy atom. The van der Waals surface area contributed by atoms with Gasteiger partial charge in [0.15, 0.2) is 11.5 Å². The van der Waals surface area contributed by atoms with Crippen molar-refractivity contribution >= 4 is 12.0 Å². The van der Waals surface area contributed by atoms with E-state index in [2.05, 4.69) is 6.92 Å². The summed E-state index contributed by atoms with van der Waals surface area (Å²) >= 11 is 0. The van der Waals surface area contributed by atoms with Gasteiger partial charge in [-0.3, -0.25) is 0 Å². The van der Waals surface area contributed by atoms with Crippen molar-refractivity contribution in [2.45, 2.75) is 58.3 Å². The largest absolute Gasteiger partial charge is 0.462 e. The number of carbonyl (C=O) groups excluding carboxylic acids is 1. The van der Waals surface area contributed by atoms with Gasteiger partial charge in [-0.15, -0.1) is 0 Å². The summed E-state index contributed by atoms with van der Waals surface area (Å²) in [5.41, 5.74) is 0.693. The van der Waals surface area contributed by atoms with Gasteiger partial charge in [0, 0.05) is 0 Å². The van der Waals surface area contributed by atoms with Crippen LogP contribution in [0.3, 0.4) is 0 Å². The lowest BCUT2D eigenvalue weighted by Crippen LogP contribution is -2.08. The average molecular weight is 357 g/mol. The third kappa shape index (κ3) is 6.44.